The zero-order valence-corrected chi connectivity index (χ0v) is 13.3. The first-order chi connectivity index (χ1) is 10.0. The average molecular weight is 371 g/mol. The summed E-state index contributed by atoms with van der Waals surface area (Å²) in [7, 11) is 1.33. The third-order valence-electron chi connectivity index (χ3n) is 2.55. The van der Waals surface area contributed by atoms with Crippen molar-refractivity contribution in [2.24, 2.45) is 5.73 Å². The van der Waals surface area contributed by atoms with Crippen LogP contribution in [0.2, 0.25) is 0 Å². The van der Waals surface area contributed by atoms with Gasteiger partial charge in [-0.15, -0.1) is 11.8 Å². The Kier molecular flexibility index (Phi) is 4.97. The highest BCUT2D eigenvalue weighted by atomic mass is 79.9. The van der Waals surface area contributed by atoms with Crippen LogP contribution in [0.15, 0.2) is 27.6 Å². The molecule has 1 amide bonds. The van der Waals surface area contributed by atoms with Crippen LogP contribution in [0.1, 0.15) is 10.5 Å². The van der Waals surface area contributed by atoms with Gasteiger partial charge < -0.3 is 10.5 Å². The summed E-state index contributed by atoms with van der Waals surface area (Å²) >= 11 is 4.64. The molecule has 0 spiro atoms. The Hall–Kier alpha value is -1.87. The van der Waals surface area contributed by atoms with Gasteiger partial charge in [-0.2, -0.15) is 15.4 Å². The van der Waals surface area contributed by atoms with Gasteiger partial charge >= 0.3 is 5.97 Å². The van der Waals surface area contributed by atoms with Crippen molar-refractivity contribution in [3.05, 3.63) is 28.4 Å². The second-order valence-electron chi connectivity index (χ2n) is 3.89. The van der Waals surface area contributed by atoms with E-state index in [4.69, 9.17) is 5.73 Å². The first kappa shape index (κ1) is 15.5. The first-order valence-corrected chi connectivity index (χ1v) is 7.51. The number of hydrogen-bond donors (Lipinski definition) is 2. The summed E-state index contributed by atoms with van der Waals surface area (Å²) in [5.41, 5.74) is 6.33. The number of nitrogens with one attached hydrogen (secondary N) is 1. The first-order valence-electron chi connectivity index (χ1n) is 5.73. The van der Waals surface area contributed by atoms with Gasteiger partial charge in [0.1, 0.15) is 5.69 Å². The Bertz CT molecular complexity index is 689. The van der Waals surface area contributed by atoms with E-state index in [2.05, 4.69) is 36.1 Å². The van der Waals surface area contributed by atoms with Crippen LogP contribution in [0.4, 0.5) is 0 Å². The van der Waals surface area contributed by atoms with Crippen molar-refractivity contribution in [1.82, 2.24) is 15.4 Å². The normalized spacial score (nSPS) is 10.4. The van der Waals surface area contributed by atoms with Gasteiger partial charge in [-0.05, 0) is 12.1 Å². The number of primary amides is 1. The molecule has 110 valence electrons. The molecule has 0 aliphatic carbocycles. The van der Waals surface area contributed by atoms with E-state index in [9.17, 15) is 9.59 Å². The van der Waals surface area contributed by atoms with Crippen molar-refractivity contribution < 1.29 is 14.3 Å². The van der Waals surface area contributed by atoms with Crippen LogP contribution in [-0.2, 0) is 9.53 Å². The van der Waals surface area contributed by atoms with Gasteiger partial charge in [0.2, 0.25) is 0 Å². The molecule has 1 aromatic carbocycles. The average Bonchev–Trinajstić information content (AvgIpc) is 2.94. The highest BCUT2D eigenvalue weighted by Crippen LogP contribution is 2.33. The number of nitrogens with zero attached hydrogens (tertiary/aromatic N) is 2. The number of thioether (sulfide) groups is 1. The number of carbonyl (C=O) groups is 2. The Labute approximate surface area is 132 Å². The number of benzene rings is 1. The van der Waals surface area contributed by atoms with Crippen LogP contribution in [0, 0.1) is 0 Å². The second-order valence-corrected chi connectivity index (χ2v) is 5.82. The molecule has 21 heavy (non-hydrogen) atoms. The van der Waals surface area contributed by atoms with E-state index in [1.807, 2.05) is 6.07 Å². The Balaban J connectivity index is 2.41. The van der Waals surface area contributed by atoms with Crippen molar-refractivity contribution in [3.8, 4) is 11.3 Å². The molecule has 0 saturated heterocycles. The summed E-state index contributed by atoms with van der Waals surface area (Å²) < 4.78 is 5.45. The molecule has 0 aliphatic heterocycles. The lowest BCUT2D eigenvalue weighted by molar-refractivity contribution is -0.137. The second kappa shape index (κ2) is 6.72. The summed E-state index contributed by atoms with van der Waals surface area (Å²) in [5.74, 6) is -0.879. The minimum absolute atomic E-state index is 0.0530. The monoisotopic (exact) mass is 370 g/mol. The molecule has 0 fully saturated rings. The number of carbonyl (C=O) groups excluding carboxylic acids is 2. The third kappa shape index (κ3) is 3.61. The molecule has 0 aliphatic rings. The minimum atomic E-state index is -0.675. The number of hydrogen-bond acceptors (Lipinski definition) is 6. The van der Waals surface area contributed by atoms with Crippen LogP contribution < -0.4 is 5.73 Å². The molecule has 0 radical (unpaired) electrons. The Morgan fingerprint density at radius 2 is 2.19 bits per heavy atom. The van der Waals surface area contributed by atoms with Crippen LogP contribution in [0.25, 0.3) is 11.3 Å². The number of halogens is 1. The predicted molar refractivity (Wildman–Crippen MR) is 80.8 cm³/mol. The maximum atomic E-state index is 11.4. The van der Waals surface area contributed by atoms with Crippen molar-refractivity contribution in [2.45, 2.75) is 4.90 Å². The van der Waals surface area contributed by atoms with E-state index in [-0.39, 0.29) is 17.4 Å². The summed E-state index contributed by atoms with van der Waals surface area (Å²) in [4.78, 5) is 23.4. The van der Waals surface area contributed by atoms with Crippen LogP contribution in [-0.4, -0.2) is 40.1 Å². The molecular weight excluding hydrogens is 360 g/mol. The fourth-order valence-corrected chi connectivity index (χ4v) is 3.03. The molecule has 3 N–H and O–H groups in total. The van der Waals surface area contributed by atoms with Crippen LogP contribution in [0.5, 0.6) is 0 Å². The maximum Gasteiger partial charge on any atom is 0.315 e. The number of aromatic nitrogens is 3. The van der Waals surface area contributed by atoms with Gasteiger partial charge in [0, 0.05) is 14.9 Å². The van der Waals surface area contributed by atoms with E-state index in [1.54, 1.807) is 12.1 Å². The molecule has 7 nitrogen and oxygen atoms in total. The van der Waals surface area contributed by atoms with Gasteiger partial charge in [-0.3, -0.25) is 9.59 Å². The molecule has 0 unspecified atom stereocenters. The molecule has 2 aromatic rings. The largest absolute Gasteiger partial charge is 0.468 e. The van der Waals surface area contributed by atoms with Gasteiger partial charge in [-0.1, -0.05) is 22.0 Å². The predicted octanol–water partition coefficient (Wildman–Crippen LogP) is 1.60. The molecule has 1 aromatic heterocycles. The lowest BCUT2D eigenvalue weighted by atomic mass is 10.1. The zero-order valence-electron chi connectivity index (χ0n) is 10.9. The lowest BCUT2D eigenvalue weighted by Crippen LogP contribution is -2.13. The lowest BCUT2D eigenvalue weighted by Gasteiger charge is -2.08. The summed E-state index contributed by atoms with van der Waals surface area (Å²) in [6.45, 7) is 0. The highest BCUT2D eigenvalue weighted by Gasteiger charge is 2.19. The topological polar surface area (TPSA) is 111 Å². The standard InChI is InChI=1S/C12H11BrN4O3S/c1-20-9(18)5-21-8-4-6(13)2-3-7(8)10-11(12(14)19)16-17-15-10/h2-4H,5H2,1H3,(H2,14,19)(H,15,16,17). The quantitative estimate of drug-likeness (QED) is 0.610. The number of ether oxygens (including phenoxy) is 1. The minimum Gasteiger partial charge on any atom is -0.468 e. The summed E-state index contributed by atoms with van der Waals surface area (Å²) in [6, 6.07) is 5.40. The van der Waals surface area contributed by atoms with Gasteiger partial charge in [-0.25, -0.2) is 0 Å². The van der Waals surface area contributed by atoms with Crippen LogP contribution in [0.3, 0.4) is 0 Å². The van der Waals surface area contributed by atoms with Crippen molar-refractivity contribution in [3.63, 3.8) is 0 Å². The van der Waals surface area contributed by atoms with Gasteiger partial charge in [0.05, 0.1) is 12.9 Å². The third-order valence-corrected chi connectivity index (χ3v) is 4.08. The summed E-state index contributed by atoms with van der Waals surface area (Å²) in [6.07, 6.45) is 0. The van der Waals surface area contributed by atoms with Crippen LogP contribution >= 0.6 is 27.7 Å². The fraction of sp³-hybridized carbons (Fsp3) is 0.167. The van der Waals surface area contributed by atoms with E-state index in [0.717, 1.165) is 9.37 Å². The maximum absolute atomic E-state index is 11.4. The van der Waals surface area contributed by atoms with Crippen molar-refractivity contribution in [2.75, 3.05) is 12.9 Å². The number of amides is 1. The Morgan fingerprint density at radius 1 is 1.43 bits per heavy atom. The molecule has 1 heterocycles. The molecular formula is C12H11BrN4O3S. The number of methoxy groups -OCH3 is 1. The summed E-state index contributed by atoms with van der Waals surface area (Å²) in [5, 5.41) is 10.1. The number of H-pyrrole nitrogens is 1. The fourth-order valence-electron chi connectivity index (χ4n) is 1.60. The van der Waals surface area contributed by atoms with E-state index in [1.165, 1.54) is 18.9 Å². The number of nitrogens with two attached hydrogens (primary N) is 1. The number of rotatable bonds is 5. The molecule has 0 saturated carbocycles. The van der Waals surface area contributed by atoms with E-state index >= 15 is 0 Å². The number of esters is 1. The highest BCUT2D eigenvalue weighted by molar-refractivity contribution is 9.10. The van der Waals surface area contributed by atoms with Crippen molar-refractivity contribution >= 4 is 39.6 Å². The molecule has 2 rings (SSSR count). The number of aromatic amines is 1. The Morgan fingerprint density at radius 3 is 2.86 bits per heavy atom. The van der Waals surface area contributed by atoms with E-state index < -0.39 is 5.91 Å². The zero-order chi connectivity index (χ0) is 15.4. The molecule has 0 atom stereocenters. The van der Waals surface area contributed by atoms with Crippen molar-refractivity contribution in [1.29, 1.82) is 0 Å². The van der Waals surface area contributed by atoms with Gasteiger partial charge in [0.25, 0.3) is 5.91 Å². The van der Waals surface area contributed by atoms with Gasteiger partial charge in [0.15, 0.2) is 5.69 Å². The van der Waals surface area contributed by atoms with E-state index in [0.29, 0.717) is 11.3 Å². The SMILES string of the molecule is COC(=O)CSc1cc(Br)ccc1-c1n[nH]nc1C(N)=O. The molecule has 9 heteroatoms. The molecule has 0 bridgehead atoms. The smallest absolute Gasteiger partial charge is 0.315 e.